The molecule has 0 saturated carbocycles. The van der Waals surface area contributed by atoms with Crippen molar-refractivity contribution >= 4 is 29.0 Å². The maximum Gasteiger partial charge on any atom is 0.338 e. The second kappa shape index (κ2) is 9.31. The summed E-state index contributed by atoms with van der Waals surface area (Å²) >= 11 is 5.22. The lowest BCUT2D eigenvalue weighted by Crippen LogP contribution is -2.30. The van der Waals surface area contributed by atoms with Crippen LogP contribution in [0.4, 0.5) is 5.69 Å². The number of esters is 1. The number of aryl methyl sites for hydroxylation is 1. The van der Waals surface area contributed by atoms with E-state index in [1.54, 1.807) is 26.2 Å². The highest BCUT2D eigenvalue weighted by molar-refractivity contribution is 7.80. The molecule has 0 radical (unpaired) electrons. The van der Waals surface area contributed by atoms with Crippen molar-refractivity contribution in [3.63, 3.8) is 0 Å². The highest BCUT2D eigenvalue weighted by Gasteiger charge is 2.09. The Morgan fingerprint density at radius 2 is 2.14 bits per heavy atom. The number of benzene rings is 1. The van der Waals surface area contributed by atoms with Crippen molar-refractivity contribution in [2.75, 3.05) is 32.2 Å². The van der Waals surface area contributed by atoms with Gasteiger partial charge in [0.2, 0.25) is 0 Å². The quantitative estimate of drug-likeness (QED) is 0.458. The van der Waals surface area contributed by atoms with Crippen LogP contribution in [0.5, 0.6) is 0 Å². The molecule has 116 valence electrons. The minimum Gasteiger partial charge on any atom is -0.462 e. The van der Waals surface area contributed by atoms with Crippen LogP contribution in [0.2, 0.25) is 0 Å². The smallest absolute Gasteiger partial charge is 0.338 e. The number of anilines is 1. The van der Waals surface area contributed by atoms with Crippen molar-refractivity contribution in [3.05, 3.63) is 29.3 Å². The third-order valence-corrected chi connectivity index (χ3v) is 3.04. The van der Waals surface area contributed by atoms with Gasteiger partial charge >= 0.3 is 5.97 Å². The van der Waals surface area contributed by atoms with Gasteiger partial charge in [0, 0.05) is 25.9 Å². The molecule has 0 bridgehead atoms. The average Bonchev–Trinajstić information content (AvgIpc) is 2.46. The Kier molecular flexibility index (Phi) is 7.71. The lowest BCUT2D eigenvalue weighted by Gasteiger charge is -2.13. The second-order valence-electron chi connectivity index (χ2n) is 4.48. The van der Waals surface area contributed by atoms with Crippen LogP contribution in [0.15, 0.2) is 18.2 Å². The van der Waals surface area contributed by atoms with Gasteiger partial charge in [0.05, 0.1) is 12.2 Å². The summed E-state index contributed by atoms with van der Waals surface area (Å²) < 4.78 is 9.94. The highest BCUT2D eigenvalue weighted by atomic mass is 32.1. The number of thiocarbonyl (C=S) groups is 1. The molecule has 0 aliphatic rings. The van der Waals surface area contributed by atoms with Gasteiger partial charge in [-0.25, -0.2) is 4.79 Å². The normalized spacial score (nSPS) is 10.0. The molecule has 1 aromatic rings. The van der Waals surface area contributed by atoms with Gasteiger partial charge in [-0.15, -0.1) is 0 Å². The fraction of sp³-hybridized carbons (Fsp3) is 0.467. The van der Waals surface area contributed by atoms with Crippen LogP contribution in [0.1, 0.15) is 29.3 Å². The number of carbonyl (C=O) groups excluding carboxylic acids is 1. The molecular weight excluding hydrogens is 288 g/mol. The molecule has 21 heavy (non-hydrogen) atoms. The molecule has 2 N–H and O–H groups in total. The number of rotatable bonds is 7. The predicted molar refractivity (Wildman–Crippen MR) is 87.9 cm³/mol. The number of carbonyl (C=O) groups is 1. The Balaban J connectivity index is 2.56. The van der Waals surface area contributed by atoms with Crippen molar-refractivity contribution in [3.8, 4) is 0 Å². The van der Waals surface area contributed by atoms with E-state index in [1.165, 1.54) is 0 Å². The monoisotopic (exact) mass is 310 g/mol. The topological polar surface area (TPSA) is 59.6 Å². The Morgan fingerprint density at radius 3 is 2.76 bits per heavy atom. The van der Waals surface area contributed by atoms with Gasteiger partial charge < -0.3 is 20.1 Å². The van der Waals surface area contributed by atoms with E-state index < -0.39 is 0 Å². The maximum absolute atomic E-state index is 11.6. The molecule has 0 heterocycles. The summed E-state index contributed by atoms with van der Waals surface area (Å²) in [6.07, 6.45) is 0.888. The first-order valence-electron chi connectivity index (χ1n) is 6.90. The molecule has 0 aliphatic heterocycles. The SMILES string of the molecule is CCOC(=O)c1ccc(NC(=S)NCCCOC)c(C)c1. The molecule has 1 rings (SSSR count). The van der Waals surface area contributed by atoms with Crippen molar-refractivity contribution in [2.45, 2.75) is 20.3 Å². The van der Waals surface area contributed by atoms with Gasteiger partial charge in [0.25, 0.3) is 0 Å². The van der Waals surface area contributed by atoms with Crippen LogP contribution >= 0.6 is 12.2 Å². The van der Waals surface area contributed by atoms with Crippen molar-refractivity contribution in [1.29, 1.82) is 0 Å². The summed E-state index contributed by atoms with van der Waals surface area (Å²) in [5, 5.41) is 6.77. The zero-order valence-electron chi connectivity index (χ0n) is 12.7. The Labute approximate surface area is 131 Å². The maximum atomic E-state index is 11.6. The van der Waals surface area contributed by atoms with Crippen molar-refractivity contribution in [1.82, 2.24) is 5.32 Å². The lowest BCUT2D eigenvalue weighted by molar-refractivity contribution is 0.0526. The van der Waals surface area contributed by atoms with E-state index in [-0.39, 0.29) is 5.97 Å². The fourth-order valence-corrected chi connectivity index (χ4v) is 1.94. The predicted octanol–water partition coefficient (Wildman–Crippen LogP) is 2.49. The Morgan fingerprint density at radius 1 is 1.38 bits per heavy atom. The largest absolute Gasteiger partial charge is 0.462 e. The van der Waals surface area contributed by atoms with Crippen LogP contribution in [0.25, 0.3) is 0 Å². The summed E-state index contributed by atoms with van der Waals surface area (Å²) in [7, 11) is 1.67. The van der Waals surface area contributed by atoms with Crippen LogP contribution in [0.3, 0.4) is 0 Å². The minimum absolute atomic E-state index is 0.313. The van der Waals surface area contributed by atoms with E-state index >= 15 is 0 Å². The van der Waals surface area contributed by atoms with E-state index in [4.69, 9.17) is 21.7 Å². The van der Waals surface area contributed by atoms with Gasteiger partial charge in [0.1, 0.15) is 0 Å². The third kappa shape index (κ3) is 6.10. The van der Waals surface area contributed by atoms with Gasteiger partial charge in [-0.3, -0.25) is 0 Å². The molecular formula is C15H22N2O3S. The van der Waals surface area contributed by atoms with Crippen molar-refractivity contribution in [2.24, 2.45) is 0 Å². The average molecular weight is 310 g/mol. The van der Waals surface area contributed by atoms with E-state index in [2.05, 4.69) is 10.6 Å². The first kappa shape index (κ1) is 17.4. The summed E-state index contributed by atoms with van der Waals surface area (Å²) in [5.74, 6) is -0.313. The minimum atomic E-state index is -0.313. The number of ether oxygens (including phenoxy) is 2. The summed E-state index contributed by atoms with van der Waals surface area (Å²) in [6.45, 7) is 5.52. The van der Waals surface area contributed by atoms with Gasteiger partial charge in [-0.1, -0.05) is 0 Å². The number of nitrogens with one attached hydrogen (secondary N) is 2. The molecule has 1 aromatic carbocycles. The Bertz CT molecular complexity index is 492. The molecule has 0 spiro atoms. The summed E-state index contributed by atoms with van der Waals surface area (Å²) in [4.78, 5) is 11.6. The van der Waals surface area contributed by atoms with Gasteiger partial charge in [-0.2, -0.15) is 0 Å². The van der Waals surface area contributed by atoms with Gasteiger partial charge in [0.15, 0.2) is 5.11 Å². The number of hydrogen-bond acceptors (Lipinski definition) is 4. The first-order chi connectivity index (χ1) is 10.1. The lowest BCUT2D eigenvalue weighted by atomic mass is 10.1. The molecule has 6 heteroatoms. The number of methoxy groups -OCH3 is 1. The third-order valence-electron chi connectivity index (χ3n) is 2.80. The molecule has 0 fully saturated rings. The molecule has 5 nitrogen and oxygen atoms in total. The molecule has 0 unspecified atom stereocenters. The van der Waals surface area contributed by atoms with E-state index in [9.17, 15) is 4.79 Å². The standard InChI is InChI=1S/C15H22N2O3S/c1-4-20-14(18)12-6-7-13(11(2)10-12)17-15(21)16-8-5-9-19-3/h6-7,10H,4-5,8-9H2,1-3H3,(H2,16,17,21). The van der Waals surface area contributed by atoms with E-state index in [0.29, 0.717) is 23.9 Å². The molecule has 0 amide bonds. The first-order valence-corrected chi connectivity index (χ1v) is 7.30. The summed E-state index contributed by atoms with van der Waals surface area (Å²) in [6, 6.07) is 5.33. The summed E-state index contributed by atoms with van der Waals surface area (Å²) in [5.41, 5.74) is 2.34. The second-order valence-corrected chi connectivity index (χ2v) is 4.89. The van der Waals surface area contributed by atoms with Crippen LogP contribution in [-0.4, -0.2) is 38.0 Å². The Hall–Kier alpha value is -1.66. The molecule has 0 aromatic heterocycles. The zero-order valence-corrected chi connectivity index (χ0v) is 13.5. The molecule has 0 aliphatic carbocycles. The highest BCUT2D eigenvalue weighted by Crippen LogP contribution is 2.17. The van der Waals surface area contributed by atoms with Crippen molar-refractivity contribution < 1.29 is 14.3 Å². The van der Waals surface area contributed by atoms with Crippen LogP contribution in [-0.2, 0) is 9.47 Å². The van der Waals surface area contributed by atoms with Crippen LogP contribution < -0.4 is 10.6 Å². The molecule has 0 atom stereocenters. The van der Waals surface area contributed by atoms with E-state index in [0.717, 1.165) is 24.2 Å². The zero-order chi connectivity index (χ0) is 15.7. The number of hydrogen-bond donors (Lipinski definition) is 2. The fourth-order valence-electron chi connectivity index (χ4n) is 1.73. The van der Waals surface area contributed by atoms with Gasteiger partial charge in [-0.05, 0) is 56.2 Å². The van der Waals surface area contributed by atoms with Crippen LogP contribution in [0, 0.1) is 6.92 Å². The molecule has 0 saturated heterocycles. The van der Waals surface area contributed by atoms with E-state index in [1.807, 2.05) is 13.0 Å².